The van der Waals surface area contributed by atoms with Gasteiger partial charge in [0.25, 0.3) is 5.91 Å². The maximum Gasteiger partial charge on any atom is 0.253 e. The highest BCUT2D eigenvalue weighted by Gasteiger charge is 2.43. The van der Waals surface area contributed by atoms with E-state index >= 15 is 0 Å². The van der Waals surface area contributed by atoms with Crippen LogP contribution in [0.5, 0.6) is 5.75 Å². The number of nitrogens with zero attached hydrogens (tertiary/aromatic N) is 2. The standard InChI is InChI=1S/C25H28N2O4/c1-16-12-18(5-6-20(16)24(2,3)30)23(29)27-10-8-25(9-11-27)14-21(28)19-13-17(15-26)4-7-22(19)31-25/h4-7,12-13,21,28,30H,8-11,14H2,1-3H3. The van der Waals surface area contributed by atoms with Gasteiger partial charge in [0.15, 0.2) is 0 Å². The van der Waals surface area contributed by atoms with Crippen molar-refractivity contribution in [1.82, 2.24) is 4.90 Å². The highest BCUT2D eigenvalue weighted by Crippen LogP contribution is 2.44. The van der Waals surface area contributed by atoms with Gasteiger partial charge >= 0.3 is 0 Å². The van der Waals surface area contributed by atoms with E-state index in [2.05, 4.69) is 6.07 Å². The molecule has 2 N–H and O–H groups in total. The fraction of sp³-hybridized carbons (Fsp3) is 0.440. The normalized spacial score (nSPS) is 20.0. The van der Waals surface area contributed by atoms with Gasteiger partial charge < -0.3 is 19.8 Å². The van der Waals surface area contributed by atoms with Crippen LogP contribution in [-0.2, 0) is 5.60 Å². The number of fused-ring (bicyclic) bond motifs is 1. The van der Waals surface area contributed by atoms with Crippen LogP contribution < -0.4 is 4.74 Å². The summed E-state index contributed by atoms with van der Waals surface area (Å²) in [5.74, 6) is 0.589. The molecular formula is C25H28N2O4. The summed E-state index contributed by atoms with van der Waals surface area (Å²) in [4.78, 5) is 14.9. The molecular weight excluding hydrogens is 392 g/mol. The van der Waals surface area contributed by atoms with Crippen LogP contribution in [0.2, 0.25) is 0 Å². The largest absolute Gasteiger partial charge is 0.487 e. The second kappa shape index (κ2) is 7.67. The molecule has 1 saturated heterocycles. The Balaban J connectivity index is 1.47. The Morgan fingerprint density at radius 1 is 1.23 bits per heavy atom. The molecule has 2 aliphatic rings. The molecule has 162 valence electrons. The van der Waals surface area contributed by atoms with Crippen LogP contribution in [0, 0.1) is 18.3 Å². The molecule has 1 spiro atoms. The van der Waals surface area contributed by atoms with Gasteiger partial charge in [0.2, 0.25) is 0 Å². The number of aliphatic hydroxyl groups is 2. The van der Waals surface area contributed by atoms with E-state index in [0.717, 1.165) is 11.1 Å². The number of likely N-dealkylation sites (tertiary alicyclic amines) is 1. The summed E-state index contributed by atoms with van der Waals surface area (Å²) in [7, 11) is 0. The monoisotopic (exact) mass is 420 g/mol. The number of aryl methyl sites for hydroxylation is 1. The lowest BCUT2D eigenvalue weighted by Gasteiger charge is -2.46. The van der Waals surface area contributed by atoms with E-state index < -0.39 is 17.3 Å². The van der Waals surface area contributed by atoms with Crippen LogP contribution in [0.1, 0.15) is 71.8 Å². The SMILES string of the molecule is Cc1cc(C(=O)N2CCC3(CC2)CC(O)c2cc(C#N)ccc2O3)ccc1C(C)(C)O. The third-order valence-corrected chi connectivity index (χ3v) is 6.48. The number of carbonyl (C=O) groups is 1. The van der Waals surface area contributed by atoms with Gasteiger partial charge in [0, 0.05) is 43.5 Å². The molecule has 31 heavy (non-hydrogen) atoms. The molecule has 0 saturated carbocycles. The number of ether oxygens (including phenoxy) is 1. The zero-order valence-electron chi connectivity index (χ0n) is 18.2. The molecule has 2 aliphatic heterocycles. The summed E-state index contributed by atoms with van der Waals surface area (Å²) in [5.41, 5.74) is 2.02. The second-order valence-electron chi connectivity index (χ2n) is 9.25. The minimum atomic E-state index is -0.952. The first-order valence-corrected chi connectivity index (χ1v) is 10.7. The molecule has 6 nitrogen and oxygen atoms in total. The molecule has 2 heterocycles. The zero-order chi connectivity index (χ0) is 22.4. The van der Waals surface area contributed by atoms with Crippen molar-refractivity contribution in [3.8, 4) is 11.8 Å². The molecule has 0 aromatic heterocycles. The Morgan fingerprint density at radius 3 is 2.55 bits per heavy atom. The quantitative estimate of drug-likeness (QED) is 0.774. The molecule has 0 radical (unpaired) electrons. The maximum absolute atomic E-state index is 13.1. The molecule has 2 aromatic carbocycles. The molecule has 0 aliphatic carbocycles. The second-order valence-corrected chi connectivity index (χ2v) is 9.25. The van der Waals surface area contributed by atoms with Crippen molar-refractivity contribution >= 4 is 5.91 Å². The van der Waals surface area contributed by atoms with Gasteiger partial charge in [-0.05, 0) is 62.2 Å². The average molecular weight is 421 g/mol. The summed E-state index contributed by atoms with van der Waals surface area (Å²) >= 11 is 0. The van der Waals surface area contributed by atoms with Crippen molar-refractivity contribution < 1.29 is 19.7 Å². The van der Waals surface area contributed by atoms with Gasteiger partial charge in [-0.3, -0.25) is 4.79 Å². The van der Waals surface area contributed by atoms with E-state index in [1.54, 1.807) is 38.1 Å². The Bertz CT molecular complexity index is 1060. The highest BCUT2D eigenvalue weighted by atomic mass is 16.5. The van der Waals surface area contributed by atoms with Crippen molar-refractivity contribution in [1.29, 1.82) is 5.26 Å². The van der Waals surface area contributed by atoms with E-state index in [4.69, 9.17) is 10.00 Å². The van der Waals surface area contributed by atoms with Crippen molar-refractivity contribution in [2.45, 2.75) is 57.3 Å². The maximum atomic E-state index is 13.1. The molecule has 1 unspecified atom stereocenters. The number of nitriles is 1. The number of hydrogen-bond acceptors (Lipinski definition) is 5. The Kier molecular flexibility index (Phi) is 5.28. The van der Waals surface area contributed by atoms with Gasteiger partial charge in [0.05, 0.1) is 23.3 Å². The number of aliphatic hydroxyl groups excluding tert-OH is 1. The zero-order valence-corrected chi connectivity index (χ0v) is 18.2. The fourth-order valence-corrected chi connectivity index (χ4v) is 4.80. The van der Waals surface area contributed by atoms with Crippen LogP contribution in [0.25, 0.3) is 0 Å². The van der Waals surface area contributed by atoms with Crippen molar-refractivity contribution in [3.63, 3.8) is 0 Å². The Hall–Kier alpha value is -2.88. The van der Waals surface area contributed by atoms with Crippen LogP contribution in [0.15, 0.2) is 36.4 Å². The summed E-state index contributed by atoms with van der Waals surface area (Å²) in [6, 6.07) is 12.7. The lowest BCUT2D eigenvalue weighted by molar-refractivity contribution is -0.0495. The predicted octanol–water partition coefficient (Wildman–Crippen LogP) is 3.59. The van der Waals surface area contributed by atoms with Crippen molar-refractivity contribution in [3.05, 3.63) is 64.2 Å². The summed E-state index contributed by atoms with van der Waals surface area (Å²) in [6.45, 7) is 6.46. The molecule has 1 fully saturated rings. The van der Waals surface area contributed by atoms with Crippen molar-refractivity contribution in [2.24, 2.45) is 0 Å². The van der Waals surface area contributed by atoms with Gasteiger partial charge in [-0.25, -0.2) is 0 Å². The van der Waals surface area contributed by atoms with Crippen LogP contribution in [0.3, 0.4) is 0 Å². The first-order valence-electron chi connectivity index (χ1n) is 10.7. The number of piperidine rings is 1. The lowest BCUT2D eigenvalue weighted by Crippen LogP contribution is -2.51. The smallest absolute Gasteiger partial charge is 0.253 e. The third-order valence-electron chi connectivity index (χ3n) is 6.48. The summed E-state index contributed by atoms with van der Waals surface area (Å²) < 4.78 is 6.30. The van der Waals surface area contributed by atoms with Crippen LogP contribution in [-0.4, -0.2) is 39.7 Å². The molecule has 2 aromatic rings. The van der Waals surface area contributed by atoms with Crippen molar-refractivity contribution in [2.75, 3.05) is 13.1 Å². The minimum Gasteiger partial charge on any atom is -0.487 e. The number of amides is 1. The fourth-order valence-electron chi connectivity index (χ4n) is 4.80. The van der Waals surface area contributed by atoms with E-state index in [9.17, 15) is 15.0 Å². The first kappa shape index (κ1) is 21.4. The molecule has 1 amide bonds. The van der Waals surface area contributed by atoms with E-state index in [1.807, 2.05) is 24.0 Å². The number of carbonyl (C=O) groups excluding carboxylic acids is 1. The van der Waals surface area contributed by atoms with E-state index in [-0.39, 0.29) is 5.91 Å². The number of rotatable bonds is 2. The minimum absolute atomic E-state index is 0.0318. The average Bonchev–Trinajstić information content (AvgIpc) is 2.72. The number of hydrogen-bond donors (Lipinski definition) is 2. The van der Waals surface area contributed by atoms with Gasteiger partial charge in [-0.2, -0.15) is 5.26 Å². The van der Waals surface area contributed by atoms with E-state index in [0.29, 0.717) is 54.8 Å². The van der Waals surface area contributed by atoms with Crippen LogP contribution >= 0.6 is 0 Å². The Labute approximate surface area is 182 Å². The molecule has 0 bridgehead atoms. The van der Waals surface area contributed by atoms with Crippen LogP contribution in [0.4, 0.5) is 0 Å². The molecule has 4 rings (SSSR count). The van der Waals surface area contributed by atoms with Gasteiger partial charge in [-0.15, -0.1) is 0 Å². The predicted molar refractivity (Wildman–Crippen MR) is 116 cm³/mol. The topological polar surface area (TPSA) is 93.8 Å². The van der Waals surface area contributed by atoms with Gasteiger partial charge in [0.1, 0.15) is 11.4 Å². The first-order chi connectivity index (χ1) is 14.6. The Morgan fingerprint density at radius 2 is 1.94 bits per heavy atom. The summed E-state index contributed by atoms with van der Waals surface area (Å²) in [6.07, 6.45) is 1.04. The summed E-state index contributed by atoms with van der Waals surface area (Å²) in [5, 5.41) is 30.0. The molecule has 6 heteroatoms. The highest BCUT2D eigenvalue weighted by molar-refractivity contribution is 5.94. The third kappa shape index (κ3) is 4.04. The molecule has 1 atom stereocenters. The van der Waals surface area contributed by atoms with E-state index in [1.165, 1.54) is 0 Å². The van der Waals surface area contributed by atoms with Gasteiger partial charge in [-0.1, -0.05) is 6.07 Å². The lowest BCUT2D eigenvalue weighted by atomic mass is 9.81. The number of benzene rings is 2.